The molecule has 1 aromatic heterocycles. The number of rotatable bonds is 6. The van der Waals surface area contributed by atoms with Crippen LogP contribution in [0.25, 0.3) is 11.4 Å². The van der Waals surface area contributed by atoms with Crippen molar-refractivity contribution in [2.75, 3.05) is 26.9 Å². The van der Waals surface area contributed by atoms with Crippen LogP contribution in [0.1, 0.15) is 38.9 Å². The minimum absolute atomic E-state index is 0.0258. The Kier molecular flexibility index (Phi) is 5.32. The van der Waals surface area contributed by atoms with Gasteiger partial charge in [0.1, 0.15) is 18.2 Å². The molecule has 0 unspecified atom stereocenters. The van der Waals surface area contributed by atoms with Crippen LogP contribution in [0, 0.1) is 17.8 Å². The van der Waals surface area contributed by atoms with Gasteiger partial charge < -0.3 is 9.64 Å². The van der Waals surface area contributed by atoms with Gasteiger partial charge in [-0.25, -0.2) is 4.98 Å². The number of aromatic amines is 1. The molecule has 29 heavy (non-hydrogen) atoms. The standard InChI is InChI=1S/C22H29FN4O2/c1-14(12-23)20(28)27-11-8-18(15(2)13-27)22(9-10-22)21-24-19(25-26-21)16-4-6-17(29-3)7-5-16/h4-7,14-15,18H,8-13H2,1-3H3,(H,24,25,26)/t14-,15-,18+/m1/s1. The topological polar surface area (TPSA) is 71.1 Å². The lowest BCUT2D eigenvalue weighted by atomic mass is 9.74. The summed E-state index contributed by atoms with van der Waals surface area (Å²) in [7, 11) is 1.65. The van der Waals surface area contributed by atoms with Crippen LogP contribution >= 0.6 is 0 Å². The first-order valence-corrected chi connectivity index (χ1v) is 10.4. The highest BCUT2D eigenvalue weighted by atomic mass is 19.1. The Hall–Kier alpha value is -2.44. The molecule has 1 saturated carbocycles. The van der Waals surface area contributed by atoms with Crippen molar-refractivity contribution in [3.63, 3.8) is 0 Å². The van der Waals surface area contributed by atoms with Crippen molar-refractivity contribution in [1.82, 2.24) is 20.1 Å². The molecule has 7 heteroatoms. The van der Waals surface area contributed by atoms with Gasteiger partial charge in [-0.2, -0.15) is 5.10 Å². The summed E-state index contributed by atoms with van der Waals surface area (Å²) < 4.78 is 18.1. The molecule has 6 nitrogen and oxygen atoms in total. The molecule has 3 atom stereocenters. The van der Waals surface area contributed by atoms with Gasteiger partial charge in [0.25, 0.3) is 0 Å². The van der Waals surface area contributed by atoms with Crippen LogP contribution in [-0.4, -0.2) is 52.9 Å². The fraction of sp³-hybridized carbons (Fsp3) is 0.591. The second kappa shape index (κ2) is 7.76. The number of carbonyl (C=O) groups excluding carboxylic acids is 1. The molecular weight excluding hydrogens is 371 g/mol. The minimum atomic E-state index is -0.594. The van der Waals surface area contributed by atoms with E-state index >= 15 is 0 Å². The molecule has 2 aliphatic rings. The monoisotopic (exact) mass is 400 g/mol. The maximum atomic E-state index is 12.9. The molecule has 4 rings (SSSR count). The second-order valence-electron chi connectivity index (χ2n) is 8.60. The number of nitrogens with zero attached hydrogens (tertiary/aromatic N) is 3. The number of likely N-dealkylation sites (tertiary alicyclic amines) is 1. The quantitative estimate of drug-likeness (QED) is 0.804. The molecule has 2 aromatic rings. The van der Waals surface area contributed by atoms with Gasteiger partial charge in [0, 0.05) is 24.1 Å². The smallest absolute Gasteiger partial charge is 0.228 e. The molecule has 0 spiro atoms. The SMILES string of the molecule is COc1ccc(-c2n[nH]c(C3([C@H]4CCN(C(=O)[C@H](C)CF)C[C@H]4C)CC3)n2)cc1. The molecule has 1 amide bonds. The molecule has 1 aliphatic heterocycles. The lowest BCUT2D eigenvalue weighted by molar-refractivity contribution is -0.138. The Morgan fingerprint density at radius 3 is 2.69 bits per heavy atom. The number of nitrogens with one attached hydrogen (secondary N) is 1. The number of carbonyl (C=O) groups is 1. The Labute approximate surface area is 170 Å². The maximum Gasteiger partial charge on any atom is 0.228 e. The molecular formula is C22H29FN4O2. The van der Waals surface area contributed by atoms with E-state index in [2.05, 4.69) is 17.1 Å². The van der Waals surface area contributed by atoms with Crippen LogP contribution in [-0.2, 0) is 10.2 Å². The van der Waals surface area contributed by atoms with Gasteiger partial charge in [-0.15, -0.1) is 0 Å². The molecule has 0 bridgehead atoms. The molecule has 1 saturated heterocycles. The van der Waals surface area contributed by atoms with E-state index < -0.39 is 12.6 Å². The van der Waals surface area contributed by atoms with Gasteiger partial charge in [-0.3, -0.25) is 14.3 Å². The van der Waals surface area contributed by atoms with Gasteiger partial charge in [0.2, 0.25) is 5.91 Å². The van der Waals surface area contributed by atoms with E-state index in [4.69, 9.17) is 9.72 Å². The summed E-state index contributed by atoms with van der Waals surface area (Å²) in [6.07, 6.45) is 3.10. The molecule has 2 heterocycles. The average Bonchev–Trinajstić information content (AvgIpc) is 3.40. The summed E-state index contributed by atoms with van der Waals surface area (Å²) in [6.45, 7) is 4.65. The van der Waals surface area contributed by atoms with Gasteiger partial charge in [0.15, 0.2) is 5.82 Å². The Morgan fingerprint density at radius 1 is 1.38 bits per heavy atom. The summed E-state index contributed by atoms with van der Waals surface area (Å²) in [5.74, 6) is 2.64. The summed E-state index contributed by atoms with van der Waals surface area (Å²) in [5.41, 5.74) is 0.982. The third kappa shape index (κ3) is 3.63. The van der Waals surface area contributed by atoms with Crippen molar-refractivity contribution in [3.05, 3.63) is 30.1 Å². The zero-order valence-electron chi connectivity index (χ0n) is 17.3. The van der Waals surface area contributed by atoms with Crippen LogP contribution in [0.5, 0.6) is 5.75 Å². The van der Waals surface area contributed by atoms with Crippen LogP contribution in [0.2, 0.25) is 0 Å². The highest BCUT2D eigenvalue weighted by Crippen LogP contribution is 2.57. The lowest BCUT2D eigenvalue weighted by Gasteiger charge is -2.41. The number of halogens is 1. The number of benzene rings is 1. The van der Waals surface area contributed by atoms with Crippen LogP contribution in [0.15, 0.2) is 24.3 Å². The second-order valence-corrected chi connectivity index (χ2v) is 8.60. The van der Waals surface area contributed by atoms with Crippen LogP contribution in [0.4, 0.5) is 4.39 Å². The van der Waals surface area contributed by atoms with Crippen molar-refractivity contribution >= 4 is 5.91 Å². The third-order valence-electron chi connectivity index (χ3n) is 6.67. The Morgan fingerprint density at radius 2 is 2.10 bits per heavy atom. The molecule has 2 fully saturated rings. The molecule has 1 aliphatic carbocycles. The Bertz CT molecular complexity index is 862. The lowest BCUT2D eigenvalue weighted by Crippen LogP contribution is -2.48. The number of alkyl halides is 1. The summed E-state index contributed by atoms with van der Waals surface area (Å²) >= 11 is 0. The van der Waals surface area contributed by atoms with E-state index in [1.807, 2.05) is 29.2 Å². The summed E-state index contributed by atoms with van der Waals surface area (Å²) in [6, 6.07) is 7.74. The number of piperidine rings is 1. The number of ether oxygens (including phenoxy) is 1. The number of amides is 1. The predicted octanol–water partition coefficient (Wildman–Crippen LogP) is 3.60. The molecule has 1 N–H and O–H groups in total. The minimum Gasteiger partial charge on any atom is -0.497 e. The average molecular weight is 400 g/mol. The Balaban J connectivity index is 1.48. The number of aromatic nitrogens is 3. The fourth-order valence-electron chi connectivity index (χ4n) is 4.82. The van der Waals surface area contributed by atoms with E-state index in [0.29, 0.717) is 30.7 Å². The van der Waals surface area contributed by atoms with E-state index in [1.165, 1.54) is 0 Å². The van der Waals surface area contributed by atoms with Crippen molar-refractivity contribution in [3.8, 4) is 17.1 Å². The first-order valence-electron chi connectivity index (χ1n) is 10.4. The summed E-state index contributed by atoms with van der Waals surface area (Å²) in [5, 5.41) is 7.65. The number of hydrogen-bond acceptors (Lipinski definition) is 4. The van der Waals surface area contributed by atoms with Gasteiger partial charge in [-0.05, 0) is 55.4 Å². The van der Waals surface area contributed by atoms with Crippen molar-refractivity contribution in [1.29, 1.82) is 0 Å². The maximum absolute atomic E-state index is 12.9. The summed E-state index contributed by atoms with van der Waals surface area (Å²) in [4.78, 5) is 19.0. The van der Waals surface area contributed by atoms with E-state index in [-0.39, 0.29) is 11.3 Å². The van der Waals surface area contributed by atoms with Crippen molar-refractivity contribution in [2.24, 2.45) is 17.8 Å². The highest BCUT2D eigenvalue weighted by molar-refractivity contribution is 5.78. The predicted molar refractivity (Wildman–Crippen MR) is 108 cm³/mol. The highest BCUT2D eigenvalue weighted by Gasteiger charge is 2.55. The fourth-order valence-corrected chi connectivity index (χ4v) is 4.82. The normalized spacial score (nSPS) is 24.2. The molecule has 156 valence electrons. The zero-order valence-corrected chi connectivity index (χ0v) is 17.3. The largest absolute Gasteiger partial charge is 0.497 e. The molecule has 1 aromatic carbocycles. The van der Waals surface area contributed by atoms with Gasteiger partial charge >= 0.3 is 0 Å². The number of methoxy groups -OCH3 is 1. The first kappa shape index (κ1) is 19.9. The van der Waals surface area contributed by atoms with Crippen molar-refractivity contribution in [2.45, 2.75) is 38.5 Å². The zero-order chi connectivity index (χ0) is 20.6. The van der Waals surface area contributed by atoms with Gasteiger partial charge in [-0.1, -0.05) is 13.8 Å². The number of H-pyrrole nitrogens is 1. The van der Waals surface area contributed by atoms with E-state index in [9.17, 15) is 9.18 Å². The van der Waals surface area contributed by atoms with E-state index in [1.54, 1.807) is 14.0 Å². The van der Waals surface area contributed by atoms with Gasteiger partial charge in [0.05, 0.1) is 13.0 Å². The molecule has 0 radical (unpaired) electrons. The number of hydrogen-bond donors (Lipinski definition) is 1. The van der Waals surface area contributed by atoms with Crippen LogP contribution in [0.3, 0.4) is 0 Å². The van der Waals surface area contributed by atoms with E-state index in [0.717, 1.165) is 36.4 Å². The van der Waals surface area contributed by atoms with Crippen LogP contribution < -0.4 is 4.74 Å². The van der Waals surface area contributed by atoms with Crippen molar-refractivity contribution < 1.29 is 13.9 Å². The first-order chi connectivity index (χ1) is 14.0. The third-order valence-corrected chi connectivity index (χ3v) is 6.67.